The summed E-state index contributed by atoms with van der Waals surface area (Å²) in [5.74, 6) is -0.825. The van der Waals surface area contributed by atoms with E-state index in [-0.39, 0.29) is 35.7 Å². The number of Topliss-reactive ketones (excluding diaryl/α,β-unsaturated/α-hetero) is 1. The van der Waals surface area contributed by atoms with Crippen LogP contribution < -0.4 is 5.32 Å². The minimum Gasteiger partial charge on any atom is -0.461 e. The Bertz CT molecular complexity index is 624. The third-order valence-electron chi connectivity index (χ3n) is 2.92. The van der Waals surface area contributed by atoms with Gasteiger partial charge in [0.1, 0.15) is 12.2 Å². The summed E-state index contributed by atoms with van der Waals surface area (Å²) in [6.45, 7) is 9.41. The zero-order valence-electron chi connectivity index (χ0n) is 14.3. The molecule has 0 saturated heterocycles. The van der Waals surface area contributed by atoms with Gasteiger partial charge in [0.05, 0.1) is 18.4 Å². The summed E-state index contributed by atoms with van der Waals surface area (Å²) in [6, 6.07) is 0. The number of hydrogen-bond donors (Lipinski definition) is 2. The molecule has 0 unspecified atom stereocenters. The molecular formula is C16H24N4O3. The highest BCUT2D eigenvalue weighted by Gasteiger charge is 2.20. The van der Waals surface area contributed by atoms with Gasteiger partial charge in [0.25, 0.3) is 0 Å². The van der Waals surface area contributed by atoms with Crippen LogP contribution in [-0.2, 0) is 16.1 Å². The van der Waals surface area contributed by atoms with E-state index in [1.54, 1.807) is 13.8 Å². The fourth-order valence-corrected chi connectivity index (χ4v) is 1.79. The van der Waals surface area contributed by atoms with Crippen LogP contribution in [0.15, 0.2) is 18.0 Å². The average Bonchev–Trinajstić information content (AvgIpc) is 2.79. The Balaban J connectivity index is 2.97. The molecule has 0 spiro atoms. The molecule has 7 nitrogen and oxygen atoms in total. The lowest BCUT2D eigenvalue weighted by atomic mass is 10.1. The number of ether oxygens (including phenoxy) is 1. The normalized spacial score (nSPS) is 12.0. The predicted octanol–water partition coefficient (Wildman–Crippen LogP) is 1.86. The van der Waals surface area contributed by atoms with Gasteiger partial charge in [-0.3, -0.25) is 9.48 Å². The SMILES string of the molecule is CCOC(=O)c1c(C)cnn1CC(=O)/C(C=N)=C/NC(C)(C)C. The summed E-state index contributed by atoms with van der Waals surface area (Å²) >= 11 is 0. The van der Waals surface area contributed by atoms with E-state index in [9.17, 15) is 9.59 Å². The first kappa shape index (κ1) is 18.6. The van der Waals surface area contributed by atoms with E-state index in [2.05, 4.69) is 10.4 Å². The van der Waals surface area contributed by atoms with E-state index in [0.717, 1.165) is 6.21 Å². The lowest BCUT2D eigenvalue weighted by Crippen LogP contribution is -2.32. The molecule has 0 aromatic carbocycles. The molecule has 126 valence electrons. The van der Waals surface area contributed by atoms with Crippen LogP contribution in [0.2, 0.25) is 0 Å². The van der Waals surface area contributed by atoms with Gasteiger partial charge in [-0.1, -0.05) is 0 Å². The van der Waals surface area contributed by atoms with Crippen LogP contribution in [0, 0.1) is 12.3 Å². The van der Waals surface area contributed by atoms with E-state index in [1.165, 1.54) is 17.1 Å². The number of esters is 1. The van der Waals surface area contributed by atoms with Gasteiger partial charge >= 0.3 is 5.97 Å². The first-order chi connectivity index (χ1) is 10.7. The van der Waals surface area contributed by atoms with Crippen LogP contribution in [0.3, 0.4) is 0 Å². The highest BCUT2D eigenvalue weighted by molar-refractivity contribution is 6.12. The van der Waals surface area contributed by atoms with Crippen molar-refractivity contribution in [2.75, 3.05) is 6.61 Å². The van der Waals surface area contributed by atoms with Crippen molar-refractivity contribution in [3.05, 3.63) is 29.2 Å². The van der Waals surface area contributed by atoms with Crippen molar-refractivity contribution in [1.82, 2.24) is 15.1 Å². The Kier molecular flexibility index (Phi) is 6.24. The molecule has 0 aliphatic rings. The smallest absolute Gasteiger partial charge is 0.356 e. The Morgan fingerprint density at radius 1 is 1.43 bits per heavy atom. The molecule has 7 heteroatoms. The maximum absolute atomic E-state index is 12.3. The van der Waals surface area contributed by atoms with Crippen LogP contribution in [0.5, 0.6) is 0 Å². The van der Waals surface area contributed by atoms with Crippen LogP contribution >= 0.6 is 0 Å². The average molecular weight is 320 g/mol. The van der Waals surface area contributed by atoms with Gasteiger partial charge < -0.3 is 15.5 Å². The highest BCUT2D eigenvalue weighted by atomic mass is 16.5. The summed E-state index contributed by atoms with van der Waals surface area (Å²) in [5.41, 5.74) is 0.896. The molecule has 1 aromatic heterocycles. The standard InChI is InChI=1S/C16H24N4O3/c1-6-23-15(22)14-11(2)8-19-20(14)10-13(21)12(7-17)9-18-16(3,4)5/h7-9,17-18H,6,10H2,1-5H3/b12-9+,17-7?. The largest absolute Gasteiger partial charge is 0.461 e. The Morgan fingerprint density at radius 3 is 2.61 bits per heavy atom. The van der Waals surface area contributed by atoms with Crippen molar-refractivity contribution in [1.29, 1.82) is 5.41 Å². The van der Waals surface area contributed by atoms with Crippen molar-refractivity contribution in [3.8, 4) is 0 Å². The molecule has 0 amide bonds. The number of hydrogen-bond acceptors (Lipinski definition) is 6. The molecule has 1 rings (SSSR count). The number of ketones is 1. The van der Waals surface area contributed by atoms with Crippen LogP contribution in [0.25, 0.3) is 0 Å². The second kappa shape index (κ2) is 7.71. The van der Waals surface area contributed by atoms with E-state index < -0.39 is 5.97 Å². The van der Waals surface area contributed by atoms with Gasteiger partial charge in [0, 0.05) is 23.5 Å². The Morgan fingerprint density at radius 2 is 2.09 bits per heavy atom. The minimum absolute atomic E-state index is 0.130. The number of nitrogens with one attached hydrogen (secondary N) is 2. The zero-order valence-corrected chi connectivity index (χ0v) is 14.3. The molecule has 2 N–H and O–H groups in total. The first-order valence-electron chi connectivity index (χ1n) is 7.40. The number of carbonyl (C=O) groups is 2. The maximum Gasteiger partial charge on any atom is 0.356 e. The Hall–Kier alpha value is -2.44. The van der Waals surface area contributed by atoms with Gasteiger partial charge in [-0.15, -0.1) is 0 Å². The van der Waals surface area contributed by atoms with Crippen molar-refractivity contribution in [2.45, 2.75) is 46.7 Å². The molecule has 0 fully saturated rings. The molecule has 0 aliphatic carbocycles. The van der Waals surface area contributed by atoms with E-state index in [1.807, 2.05) is 20.8 Å². The van der Waals surface area contributed by atoms with Crippen LogP contribution in [0.1, 0.15) is 43.7 Å². The van der Waals surface area contributed by atoms with E-state index in [0.29, 0.717) is 5.56 Å². The lowest BCUT2D eigenvalue weighted by Gasteiger charge is -2.19. The van der Waals surface area contributed by atoms with Crippen molar-refractivity contribution in [2.24, 2.45) is 0 Å². The summed E-state index contributed by atoms with van der Waals surface area (Å²) in [4.78, 5) is 24.3. The number of allylic oxidation sites excluding steroid dienone is 1. The molecule has 1 aromatic rings. The zero-order chi connectivity index (χ0) is 17.6. The van der Waals surface area contributed by atoms with E-state index in [4.69, 9.17) is 10.1 Å². The molecule has 0 radical (unpaired) electrons. The second-order valence-electron chi connectivity index (χ2n) is 6.12. The molecule has 0 aliphatic heterocycles. The second-order valence-corrected chi connectivity index (χ2v) is 6.12. The fourth-order valence-electron chi connectivity index (χ4n) is 1.79. The topological polar surface area (TPSA) is 97.1 Å². The molecule has 0 saturated carbocycles. The van der Waals surface area contributed by atoms with Crippen molar-refractivity contribution >= 4 is 18.0 Å². The van der Waals surface area contributed by atoms with Gasteiger partial charge in [-0.2, -0.15) is 5.10 Å². The predicted molar refractivity (Wildman–Crippen MR) is 87.7 cm³/mol. The lowest BCUT2D eigenvalue weighted by molar-refractivity contribution is -0.115. The summed E-state index contributed by atoms with van der Waals surface area (Å²) in [7, 11) is 0. The summed E-state index contributed by atoms with van der Waals surface area (Å²) < 4.78 is 6.30. The van der Waals surface area contributed by atoms with Crippen molar-refractivity contribution in [3.63, 3.8) is 0 Å². The number of nitrogens with zero attached hydrogens (tertiary/aromatic N) is 2. The quantitative estimate of drug-likeness (QED) is 0.454. The molecule has 0 bridgehead atoms. The highest BCUT2D eigenvalue weighted by Crippen LogP contribution is 2.10. The fraction of sp³-hybridized carbons (Fsp3) is 0.500. The molecule has 0 atom stereocenters. The van der Waals surface area contributed by atoms with Gasteiger partial charge in [0.2, 0.25) is 0 Å². The number of rotatable bonds is 7. The monoisotopic (exact) mass is 320 g/mol. The molecular weight excluding hydrogens is 296 g/mol. The summed E-state index contributed by atoms with van der Waals surface area (Å²) in [6.07, 6.45) is 4.01. The third-order valence-corrected chi connectivity index (χ3v) is 2.92. The molecule has 1 heterocycles. The van der Waals surface area contributed by atoms with Gasteiger partial charge in [-0.05, 0) is 34.6 Å². The first-order valence-corrected chi connectivity index (χ1v) is 7.40. The number of carbonyl (C=O) groups excluding carboxylic acids is 2. The van der Waals surface area contributed by atoms with Crippen LogP contribution in [0.4, 0.5) is 0 Å². The summed E-state index contributed by atoms with van der Waals surface area (Å²) in [5, 5.41) is 14.5. The Labute approximate surface area is 136 Å². The van der Waals surface area contributed by atoms with E-state index >= 15 is 0 Å². The number of aryl methyl sites for hydroxylation is 1. The van der Waals surface area contributed by atoms with Crippen LogP contribution in [-0.4, -0.2) is 39.9 Å². The maximum atomic E-state index is 12.3. The van der Waals surface area contributed by atoms with Gasteiger partial charge in [0.15, 0.2) is 5.78 Å². The third kappa shape index (κ3) is 5.36. The molecule has 23 heavy (non-hydrogen) atoms. The van der Waals surface area contributed by atoms with Crippen molar-refractivity contribution < 1.29 is 14.3 Å². The van der Waals surface area contributed by atoms with Gasteiger partial charge in [-0.25, -0.2) is 4.79 Å². The number of aromatic nitrogens is 2. The minimum atomic E-state index is -0.511.